The number of amides is 2. The van der Waals surface area contributed by atoms with Crippen molar-refractivity contribution in [2.75, 3.05) is 26.2 Å². The van der Waals surface area contributed by atoms with E-state index in [1.165, 1.54) is 23.1 Å². The maximum absolute atomic E-state index is 13.5. The molecule has 6 nitrogen and oxygen atoms in total. The number of nitrogens with zero attached hydrogens (tertiary/aromatic N) is 2. The normalized spacial score (nSPS) is 16.0. The zero-order valence-electron chi connectivity index (χ0n) is 16.7. The third-order valence-electron chi connectivity index (χ3n) is 4.91. The molecule has 1 unspecified atom stereocenters. The van der Waals surface area contributed by atoms with Crippen molar-refractivity contribution >= 4 is 11.8 Å². The minimum Gasteiger partial charge on any atom is -0.467 e. The molecule has 7 heteroatoms. The van der Waals surface area contributed by atoms with Gasteiger partial charge in [-0.15, -0.1) is 0 Å². The molecule has 2 amide bonds. The van der Waals surface area contributed by atoms with Crippen molar-refractivity contribution in [2.24, 2.45) is 0 Å². The van der Waals surface area contributed by atoms with Gasteiger partial charge in [-0.3, -0.25) is 9.59 Å². The van der Waals surface area contributed by atoms with E-state index in [0.717, 1.165) is 12.8 Å². The molecule has 1 saturated heterocycles. The first-order valence-corrected chi connectivity index (χ1v) is 10.0. The first-order valence-electron chi connectivity index (χ1n) is 10.0. The second-order valence-electron chi connectivity index (χ2n) is 7.23. The first-order chi connectivity index (χ1) is 14.1. The summed E-state index contributed by atoms with van der Waals surface area (Å²) in [5.74, 6) is -0.337. The van der Waals surface area contributed by atoms with Crippen LogP contribution in [0.5, 0.6) is 0 Å². The van der Waals surface area contributed by atoms with Crippen LogP contribution in [-0.4, -0.2) is 54.0 Å². The third kappa shape index (κ3) is 5.90. The summed E-state index contributed by atoms with van der Waals surface area (Å²) in [5, 5.41) is 0. The van der Waals surface area contributed by atoms with Crippen LogP contribution in [0.25, 0.3) is 0 Å². The highest BCUT2D eigenvalue weighted by atomic mass is 19.1. The van der Waals surface area contributed by atoms with Gasteiger partial charge >= 0.3 is 0 Å². The molecule has 0 spiro atoms. The van der Waals surface area contributed by atoms with Crippen LogP contribution in [-0.2, 0) is 16.1 Å². The van der Waals surface area contributed by atoms with Crippen LogP contribution in [0.3, 0.4) is 0 Å². The predicted molar refractivity (Wildman–Crippen MR) is 106 cm³/mol. The number of hydrogen-bond acceptors (Lipinski definition) is 4. The molecule has 0 bridgehead atoms. The minimum atomic E-state index is -0.476. The second-order valence-corrected chi connectivity index (χ2v) is 7.23. The molecule has 0 saturated carbocycles. The number of rotatable bonds is 9. The van der Waals surface area contributed by atoms with Crippen molar-refractivity contribution in [1.82, 2.24) is 9.80 Å². The largest absolute Gasteiger partial charge is 0.467 e. The highest BCUT2D eigenvalue weighted by Crippen LogP contribution is 2.16. The molecule has 0 radical (unpaired) electrons. The average Bonchev–Trinajstić information content (AvgIpc) is 3.41. The summed E-state index contributed by atoms with van der Waals surface area (Å²) in [5.41, 5.74) is 0.239. The van der Waals surface area contributed by atoms with E-state index in [-0.39, 0.29) is 30.0 Å². The van der Waals surface area contributed by atoms with Crippen LogP contribution in [0.15, 0.2) is 47.1 Å². The molecular formula is C22H27FN2O4. The summed E-state index contributed by atoms with van der Waals surface area (Å²) in [6.07, 6.45) is 4.14. The van der Waals surface area contributed by atoms with Gasteiger partial charge in [0.1, 0.15) is 18.1 Å². The molecule has 29 heavy (non-hydrogen) atoms. The third-order valence-corrected chi connectivity index (χ3v) is 4.91. The van der Waals surface area contributed by atoms with Gasteiger partial charge in [0.05, 0.1) is 18.9 Å². The summed E-state index contributed by atoms with van der Waals surface area (Å²) >= 11 is 0. The molecular weight excluding hydrogens is 375 g/mol. The molecule has 2 aromatic rings. The Balaban J connectivity index is 1.72. The van der Waals surface area contributed by atoms with Crippen LogP contribution in [0.4, 0.5) is 4.39 Å². The Morgan fingerprint density at radius 2 is 2.07 bits per heavy atom. The number of ether oxygens (including phenoxy) is 1. The monoisotopic (exact) mass is 402 g/mol. The molecule has 1 aliphatic heterocycles. The van der Waals surface area contributed by atoms with Crippen molar-refractivity contribution < 1.29 is 23.1 Å². The minimum absolute atomic E-state index is 0.00698. The molecule has 1 aromatic heterocycles. The standard InChI is InChI=1S/C22H27FN2O4/c1-2-10-24(22(27)17-6-3-7-18(23)13-17)16-21(26)25(14-19-8-4-11-28-19)15-20-9-5-12-29-20/h3-4,6-8,11,13,20H,2,5,9-10,12,14-16H2,1H3. The summed E-state index contributed by atoms with van der Waals surface area (Å²) in [7, 11) is 0. The van der Waals surface area contributed by atoms with Crippen LogP contribution in [0, 0.1) is 5.82 Å². The highest BCUT2D eigenvalue weighted by molar-refractivity contribution is 5.96. The van der Waals surface area contributed by atoms with E-state index in [9.17, 15) is 14.0 Å². The quantitative estimate of drug-likeness (QED) is 0.644. The van der Waals surface area contributed by atoms with E-state index in [4.69, 9.17) is 9.15 Å². The van der Waals surface area contributed by atoms with Crippen molar-refractivity contribution in [2.45, 2.75) is 38.8 Å². The molecule has 0 N–H and O–H groups in total. The molecule has 1 atom stereocenters. The maximum Gasteiger partial charge on any atom is 0.254 e. The van der Waals surface area contributed by atoms with Crippen LogP contribution in [0.1, 0.15) is 42.3 Å². The lowest BCUT2D eigenvalue weighted by atomic mass is 10.2. The van der Waals surface area contributed by atoms with Gasteiger partial charge in [0.25, 0.3) is 5.91 Å². The Hall–Kier alpha value is -2.67. The Labute approximate surface area is 170 Å². The number of hydrogen-bond donors (Lipinski definition) is 0. The number of carbonyl (C=O) groups is 2. The Morgan fingerprint density at radius 3 is 2.72 bits per heavy atom. The molecule has 1 fully saturated rings. The Bertz CT molecular complexity index is 803. The van der Waals surface area contributed by atoms with E-state index in [1.807, 2.05) is 13.0 Å². The fourth-order valence-corrected chi connectivity index (χ4v) is 3.47. The number of benzene rings is 1. The van der Waals surface area contributed by atoms with E-state index in [2.05, 4.69) is 0 Å². The second kappa shape index (κ2) is 10.2. The zero-order valence-corrected chi connectivity index (χ0v) is 16.7. The van der Waals surface area contributed by atoms with Gasteiger partial charge in [0.2, 0.25) is 5.91 Å². The molecule has 1 aliphatic rings. The Morgan fingerprint density at radius 1 is 1.21 bits per heavy atom. The van der Waals surface area contributed by atoms with Crippen molar-refractivity contribution in [3.8, 4) is 0 Å². The lowest BCUT2D eigenvalue weighted by molar-refractivity contribution is -0.134. The van der Waals surface area contributed by atoms with Gasteiger partial charge in [-0.05, 0) is 49.6 Å². The smallest absolute Gasteiger partial charge is 0.254 e. The van der Waals surface area contributed by atoms with Crippen molar-refractivity contribution in [3.63, 3.8) is 0 Å². The van der Waals surface area contributed by atoms with Gasteiger partial charge in [0.15, 0.2) is 0 Å². The fraction of sp³-hybridized carbons (Fsp3) is 0.455. The average molecular weight is 402 g/mol. The highest BCUT2D eigenvalue weighted by Gasteiger charge is 2.26. The van der Waals surface area contributed by atoms with Gasteiger partial charge < -0.3 is 19.0 Å². The van der Waals surface area contributed by atoms with Gasteiger partial charge in [-0.1, -0.05) is 13.0 Å². The van der Waals surface area contributed by atoms with E-state index >= 15 is 0 Å². The summed E-state index contributed by atoms with van der Waals surface area (Å²) in [6, 6.07) is 9.14. The summed E-state index contributed by atoms with van der Waals surface area (Å²) in [6.45, 7) is 3.75. The summed E-state index contributed by atoms with van der Waals surface area (Å²) in [4.78, 5) is 29.1. The first kappa shape index (κ1) is 21.0. The topological polar surface area (TPSA) is 63.0 Å². The zero-order chi connectivity index (χ0) is 20.6. The number of halogens is 1. The van der Waals surface area contributed by atoms with Crippen molar-refractivity contribution in [3.05, 3.63) is 59.8 Å². The number of carbonyl (C=O) groups excluding carboxylic acids is 2. The van der Waals surface area contributed by atoms with Crippen molar-refractivity contribution in [1.29, 1.82) is 0 Å². The SMILES string of the molecule is CCCN(CC(=O)N(Cc1ccco1)CC1CCCO1)C(=O)c1cccc(F)c1. The van der Waals surface area contributed by atoms with Gasteiger partial charge in [-0.2, -0.15) is 0 Å². The van der Waals surface area contributed by atoms with E-state index in [0.29, 0.717) is 38.4 Å². The molecule has 1 aromatic carbocycles. The molecule has 156 valence electrons. The van der Waals surface area contributed by atoms with Crippen LogP contribution < -0.4 is 0 Å². The molecule has 0 aliphatic carbocycles. The van der Waals surface area contributed by atoms with Gasteiger partial charge in [-0.25, -0.2) is 4.39 Å². The number of furan rings is 1. The van der Waals surface area contributed by atoms with Crippen LogP contribution in [0.2, 0.25) is 0 Å². The predicted octanol–water partition coefficient (Wildman–Crippen LogP) is 3.48. The lowest BCUT2D eigenvalue weighted by Crippen LogP contribution is -2.45. The van der Waals surface area contributed by atoms with Crippen LogP contribution >= 0.6 is 0 Å². The lowest BCUT2D eigenvalue weighted by Gasteiger charge is -2.28. The van der Waals surface area contributed by atoms with E-state index in [1.54, 1.807) is 23.3 Å². The van der Waals surface area contributed by atoms with Gasteiger partial charge in [0, 0.05) is 25.3 Å². The summed E-state index contributed by atoms with van der Waals surface area (Å²) < 4.78 is 24.6. The Kier molecular flexibility index (Phi) is 7.41. The molecule has 2 heterocycles. The maximum atomic E-state index is 13.5. The fourth-order valence-electron chi connectivity index (χ4n) is 3.47. The molecule has 3 rings (SSSR count). The van der Waals surface area contributed by atoms with E-state index < -0.39 is 5.82 Å².